The third-order valence-corrected chi connectivity index (χ3v) is 6.59. The number of carbonyl (C=O) groups excluding carboxylic acids is 2. The van der Waals surface area contributed by atoms with Gasteiger partial charge in [-0.15, -0.1) is 0 Å². The van der Waals surface area contributed by atoms with Gasteiger partial charge in [-0.05, 0) is 56.3 Å². The molecule has 7 nitrogen and oxygen atoms in total. The molecule has 0 aliphatic rings. The van der Waals surface area contributed by atoms with Crippen LogP contribution in [0.15, 0.2) is 47.4 Å². The van der Waals surface area contributed by atoms with E-state index in [0.717, 1.165) is 0 Å². The summed E-state index contributed by atoms with van der Waals surface area (Å²) in [5.41, 5.74) is 0.909. The van der Waals surface area contributed by atoms with Crippen LogP contribution in [0.2, 0.25) is 5.02 Å². The fourth-order valence-electron chi connectivity index (χ4n) is 2.34. The number of carbonyl (C=O) groups is 2. The number of halogens is 1. The van der Waals surface area contributed by atoms with E-state index in [4.69, 9.17) is 11.6 Å². The molecule has 150 valence electrons. The van der Waals surface area contributed by atoms with E-state index >= 15 is 0 Å². The van der Waals surface area contributed by atoms with E-state index < -0.39 is 15.9 Å². The number of hydrogen-bond donors (Lipinski definition) is 2. The highest BCUT2D eigenvalue weighted by Gasteiger charge is 2.23. The van der Waals surface area contributed by atoms with Gasteiger partial charge in [-0.25, -0.2) is 8.42 Å². The Balaban J connectivity index is 2.22. The maximum Gasteiger partial charge on any atom is 0.255 e. The highest BCUT2D eigenvalue weighted by molar-refractivity contribution is 7.89. The summed E-state index contributed by atoms with van der Waals surface area (Å²) in [5, 5.41) is 5.41. The molecule has 0 saturated carbocycles. The van der Waals surface area contributed by atoms with Gasteiger partial charge in [-0.1, -0.05) is 11.6 Å². The van der Waals surface area contributed by atoms with Gasteiger partial charge < -0.3 is 10.6 Å². The van der Waals surface area contributed by atoms with Gasteiger partial charge in [-0.2, -0.15) is 4.31 Å². The Morgan fingerprint density at radius 3 is 2.18 bits per heavy atom. The van der Waals surface area contributed by atoms with Crippen LogP contribution < -0.4 is 10.6 Å². The number of hydrogen-bond acceptors (Lipinski definition) is 4. The fourth-order valence-corrected chi connectivity index (χ4v) is 3.91. The Morgan fingerprint density at radius 2 is 1.64 bits per heavy atom. The maximum atomic E-state index is 12.5. The van der Waals surface area contributed by atoms with Crippen LogP contribution in [0, 0.1) is 0 Å². The lowest BCUT2D eigenvalue weighted by Gasteiger charge is -2.21. The van der Waals surface area contributed by atoms with Crippen molar-refractivity contribution in [2.24, 2.45) is 0 Å². The van der Waals surface area contributed by atoms with Crippen molar-refractivity contribution >= 4 is 39.1 Å². The number of nitrogens with zero attached hydrogens (tertiary/aromatic N) is 1. The van der Waals surface area contributed by atoms with Gasteiger partial charge in [0.1, 0.15) is 0 Å². The predicted molar refractivity (Wildman–Crippen MR) is 109 cm³/mol. The van der Waals surface area contributed by atoms with Gasteiger partial charge in [0, 0.05) is 31.4 Å². The molecule has 0 spiro atoms. The van der Waals surface area contributed by atoms with Crippen LogP contribution in [0.4, 0.5) is 5.69 Å². The van der Waals surface area contributed by atoms with Crippen LogP contribution in [-0.2, 0) is 10.0 Å². The first kappa shape index (κ1) is 21.9. The first-order valence-electron chi connectivity index (χ1n) is 8.49. The molecule has 0 fully saturated rings. The number of amides is 2. The Labute approximate surface area is 169 Å². The van der Waals surface area contributed by atoms with E-state index in [1.807, 2.05) is 0 Å². The highest BCUT2D eigenvalue weighted by Crippen LogP contribution is 2.22. The van der Waals surface area contributed by atoms with Crippen molar-refractivity contribution in [1.29, 1.82) is 0 Å². The molecule has 0 radical (unpaired) electrons. The third kappa shape index (κ3) is 4.70. The Hall–Kier alpha value is -2.42. The lowest BCUT2D eigenvalue weighted by atomic mass is 10.1. The molecule has 9 heteroatoms. The number of benzene rings is 2. The quantitative estimate of drug-likeness (QED) is 0.746. The van der Waals surface area contributed by atoms with Gasteiger partial charge in [-0.3, -0.25) is 9.59 Å². The van der Waals surface area contributed by atoms with Crippen molar-refractivity contribution in [3.8, 4) is 0 Å². The zero-order valence-electron chi connectivity index (χ0n) is 16.0. The summed E-state index contributed by atoms with van der Waals surface area (Å²) in [6.07, 6.45) is 0. The van der Waals surface area contributed by atoms with E-state index in [9.17, 15) is 18.0 Å². The minimum Gasteiger partial charge on any atom is -0.355 e. The van der Waals surface area contributed by atoms with Gasteiger partial charge >= 0.3 is 0 Å². The standard InChI is InChI=1S/C19H22ClN3O4S/c1-12(2)23(4)28(26,27)15-8-5-13(6-9-15)18(24)22-14-7-10-17(20)16(11-14)19(25)21-3/h5-12H,1-4H3,(H,21,25)(H,22,24). The minimum atomic E-state index is -3.62. The van der Waals surface area contributed by atoms with Crippen LogP contribution in [0.1, 0.15) is 34.6 Å². The van der Waals surface area contributed by atoms with E-state index in [0.29, 0.717) is 5.69 Å². The minimum absolute atomic E-state index is 0.105. The third-order valence-electron chi connectivity index (χ3n) is 4.22. The molecule has 0 saturated heterocycles. The van der Waals surface area contributed by atoms with E-state index in [1.165, 1.54) is 54.8 Å². The SMILES string of the molecule is CNC(=O)c1cc(NC(=O)c2ccc(S(=O)(=O)N(C)C(C)C)cc2)ccc1Cl. The van der Waals surface area contributed by atoms with Crippen LogP contribution in [0.3, 0.4) is 0 Å². The molecule has 0 atom stereocenters. The second-order valence-electron chi connectivity index (χ2n) is 6.37. The number of rotatable bonds is 6. The molecule has 2 amide bonds. The van der Waals surface area contributed by atoms with E-state index in [1.54, 1.807) is 19.9 Å². The smallest absolute Gasteiger partial charge is 0.255 e. The zero-order chi connectivity index (χ0) is 21.1. The average molecular weight is 424 g/mol. The molecule has 2 N–H and O–H groups in total. The Bertz CT molecular complexity index is 989. The molecular weight excluding hydrogens is 402 g/mol. The number of sulfonamides is 1. The summed E-state index contributed by atoms with van der Waals surface area (Å²) >= 11 is 6.00. The average Bonchev–Trinajstić information content (AvgIpc) is 2.68. The molecule has 0 heterocycles. The highest BCUT2D eigenvalue weighted by atomic mass is 35.5. The second kappa shape index (κ2) is 8.72. The summed E-state index contributed by atoms with van der Waals surface area (Å²) < 4.78 is 26.2. The van der Waals surface area contributed by atoms with Crippen molar-refractivity contribution in [1.82, 2.24) is 9.62 Å². The largest absolute Gasteiger partial charge is 0.355 e. The fraction of sp³-hybridized carbons (Fsp3) is 0.263. The Kier molecular flexibility index (Phi) is 6.82. The topological polar surface area (TPSA) is 95.6 Å². The molecule has 2 aromatic carbocycles. The summed E-state index contributed by atoms with van der Waals surface area (Å²) in [4.78, 5) is 24.4. The molecule has 0 aliphatic heterocycles. The van der Waals surface area contributed by atoms with Crippen LogP contribution >= 0.6 is 11.6 Å². The molecule has 2 rings (SSSR count). The molecule has 2 aromatic rings. The predicted octanol–water partition coefficient (Wildman–Crippen LogP) is 2.98. The maximum absolute atomic E-state index is 12.5. The van der Waals surface area contributed by atoms with Crippen molar-refractivity contribution in [2.75, 3.05) is 19.4 Å². The van der Waals surface area contributed by atoms with Crippen molar-refractivity contribution in [2.45, 2.75) is 24.8 Å². The van der Waals surface area contributed by atoms with Crippen molar-refractivity contribution in [3.05, 3.63) is 58.6 Å². The molecular formula is C19H22ClN3O4S. The summed E-state index contributed by atoms with van der Waals surface area (Å²) in [5.74, 6) is -0.809. The molecule has 28 heavy (non-hydrogen) atoms. The normalized spacial score (nSPS) is 11.5. The van der Waals surface area contributed by atoms with Crippen molar-refractivity contribution in [3.63, 3.8) is 0 Å². The van der Waals surface area contributed by atoms with Crippen LogP contribution in [0.25, 0.3) is 0 Å². The first-order chi connectivity index (χ1) is 13.1. The lowest BCUT2D eigenvalue weighted by Crippen LogP contribution is -2.33. The van der Waals surface area contributed by atoms with Crippen molar-refractivity contribution < 1.29 is 18.0 Å². The molecule has 0 aliphatic carbocycles. The number of nitrogens with one attached hydrogen (secondary N) is 2. The van der Waals surface area contributed by atoms with Gasteiger partial charge in [0.15, 0.2) is 0 Å². The lowest BCUT2D eigenvalue weighted by molar-refractivity contribution is 0.0961. The van der Waals surface area contributed by atoms with E-state index in [2.05, 4.69) is 10.6 Å². The second-order valence-corrected chi connectivity index (χ2v) is 8.77. The summed E-state index contributed by atoms with van der Waals surface area (Å²) in [6, 6.07) is 10.0. The number of anilines is 1. The zero-order valence-corrected chi connectivity index (χ0v) is 17.6. The van der Waals surface area contributed by atoms with Gasteiger partial charge in [0.25, 0.3) is 11.8 Å². The van der Waals surface area contributed by atoms with Gasteiger partial charge in [0.05, 0.1) is 15.5 Å². The van der Waals surface area contributed by atoms with Crippen LogP contribution in [0.5, 0.6) is 0 Å². The van der Waals surface area contributed by atoms with Gasteiger partial charge in [0.2, 0.25) is 10.0 Å². The Morgan fingerprint density at radius 1 is 1.04 bits per heavy atom. The van der Waals surface area contributed by atoms with E-state index in [-0.39, 0.29) is 33.0 Å². The molecule has 0 bridgehead atoms. The monoisotopic (exact) mass is 423 g/mol. The molecule has 0 aromatic heterocycles. The summed E-state index contributed by atoms with van der Waals surface area (Å²) in [6.45, 7) is 3.55. The summed E-state index contributed by atoms with van der Waals surface area (Å²) in [7, 11) is -0.632. The first-order valence-corrected chi connectivity index (χ1v) is 10.3. The van der Waals surface area contributed by atoms with Crippen LogP contribution in [-0.4, -0.2) is 44.7 Å². The molecule has 0 unspecified atom stereocenters.